The van der Waals surface area contributed by atoms with Crippen molar-refractivity contribution in [3.8, 4) is 0 Å². The van der Waals surface area contributed by atoms with E-state index in [2.05, 4.69) is 15.4 Å². The van der Waals surface area contributed by atoms with Gasteiger partial charge in [0.15, 0.2) is 5.82 Å². The first kappa shape index (κ1) is 8.65. The zero-order chi connectivity index (χ0) is 9.26. The standard InChI is InChI=1S/C8H14N4O/c1-12-8(10-5-11-12)7(13)6-2-3-9-4-6/h5-7,9,13H,2-4H2,1H3. The fourth-order valence-corrected chi connectivity index (χ4v) is 1.73. The van der Waals surface area contributed by atoms with E-state index < -0.39 is 6.10 Å². The van der Waals surface area contributed by atoms with Crippen molar-refractivity contribution in [3.63, 3.8) is 0 Å². The Labute approximate surface area is 76.8 Å². The highest BCUT2D eigenvalue weighted by Crippen LogP contribution is 2.24. The Morgan fingerprint density at radius 3 is 3.15 bits per heavy atom. The molecule has 0 saturated carbocycles. The summed E-state index contributed by atoms with van der Waals surface area (Å²) in [6.07, 6.45) is 2.00. The SMILES string of the molecule is Cn1ncnc1C(O)C1CCNC1. The molecule has 0 amide bonds. The van der Waals surface area contributed by atoms with Crippen molar-refractivity contribution in [1.29, 1.82) is 0 Å². The number of aromatic nitrogens is 3. The minimum Gasteiger partial charge on any atom is -0.385 e. The van der Waals surface area contributed by atoms with Crippen LogP contribution in [-0.2, 0) is 7.05 Å². The molecule has 5 nitrogen and oxygen atoms in total. The van der Waals surface area contributed by atoms with Crippen LogP contribution in [0, 0.1) is 5.92 Å². The molecule has 2 atom stereocenters. The van der Waals surface area contributed by atoms with Gasteiger partial charge in [-0.05, 0) is 13.0 Å². The number of aryl methyl sites for hydroxylation is 1. The molecule has 5 heteroatoms. The van der Waals surface area contributed by atoms with Crippen molar-refractivity contribution >= 4 is 0 Å². The summed E-state index contributed by atoms with van der Waals surface area (Å²) in [5.41, 5.74) is 0. The van der Waals surface area contributed by atoms with Crippen LogP contribution in [0.5, 0.6) is 0 Å². The minimum atomic E-state index is -0.484. The number of nitrogens with zero attached hydrogens (tertiary/aromatic N) is 3. The van der Waals surface area contributed by atoms with Gasteiger partial charge in [-0.2, -0.15) is 5.10 Å². The molecule has 2 unspecified atom stereocenters. The van der Waals surface area contributed by atoms with Crippen LogP contribution in [0.3, 0.4) is 0 Å². The highest BCUT2D eigenvalue weighted by molar-refractivity contribution is 4.94. The fraction of sp³-hybridized carbons (Fsp3) is 0.750. The Balaban J connectivity index is 2.12. The molecule has 2 N–H and O–H groups in total. The topological polar surface area (TPSA) is 63.0 Å². The average molecular weight is 182 g/mol. The van der Waals surface area contributed by atoms with E-state index in [1.54, 1.807) is 11.7 Å². The molecule has 1 saturated heterocycles. The second kappa shape index (κ2) is 3.43. The Hall–Kier alpha value is -0.940. The maximum atomic E-state index is 9.93. The van der Waals surface area contributed by atoms with E-state index in [4.69, 9.17) is 0 Å². The zero-order valence-electron chi connectivity index (χ0n) is 7.64. The summed E-state index contributed by atoms with van der Waals surface area (Å²) in [6.45, 7) is 1.85. The molecule has 2 heterocycles. The van der Waals surface area contributed by atoms with Crippen molar-refractivity contribution in [2.24, 2.45) is 13.0 Å². The lowest BCUT2D eigenvalue weighted by Crippen LogP contribution is -2.19. The van der Waals surface area contributed by atoms with Gasteiger partial charge in [0.05, 0.1) is 0 Å². The van der Waals surface area contributed by atoms with Gasteiger partial charge in [-0.15, -0.1) is 0 Å². The third-order valence-electron chi connectivity index (χ3n) is 2.56. The van der Waals surface area contributed by atoms with Crippen LogP contribution in [-0.4, -0.2) is 33.0 Å². The van der Waals surface area contributed by atoms with E-state index in [9.17, 15) is 5.11 Å². The van der Waals surface area contributed by atoms with E-state index in [0.29, 0.717) is 5.82 Å². The molecular weight excluding hydrogens is 168 g/mol. The first-order valence-corrected chi connectivity index (χ1v) is 4.51. The van der Waals surface area contributed by atoms with E-state index in [0.717, 1.165) is 19.5 Å². The molecule has 1 aliphatic heterocycles. The number of aliphatic hydroxyl groups excluding tert-OH is 1. The Morgan fingerprint density at radius 1 is 1.77 bits per heavy atom. The van der Waals surface area contributed by atoms with Crippen molar-refractivity contribution in [2.45, 2.75) is 12.5 Å². The molecule has 1 fully saturated rings. The van der Waals surface area contributed by atoms with Gasteiger partial charge in [0.1, 0.15) is 12.4 Å². The summed E-state index contributed by atoms with van der Waals surface area (Å²) < 4.78 is 1.63. The van der Waals surface area contributed by atoms with Crippen molar-refractivity contribution < 1.29 is 5.11 Å². The molecule has 0 spiro atoms. The molecule has 0 aliphatic carbocycles. The maximum absolute atomic E-state index is 9.93. The second-order valence-electron chi connectivity index (χ2n) is 3.44. The van der Waals surface area contributed by atoms with Crippen LogP contribution in [0.15, 0.2) is 6.33 Å². The van der Waals surface area contributed by atoms with Crippen LogP contribution in [0.4, 0.5) is 0 Å². The van der Waals surface area contributed by atoms with Gasteiger partial charge in [0.2, 0.25) is 0 Å². The lowest BCUT2D eigenvalue weighted by atomic mass is 10.0. The van der Waals surface area contributed by atoms with Gasteiger partial charge in [0, 0.05) is 19.5 Å². The molecule has 13 heavy (non-hydrogen) atoms. The molecule has 0 radical (unpaired) electrons. The lowest BCUT2D eigenvalue weighted by molar-refractivity contribution is 0.105. The van der Waals surface area contributed by atoms with Crippen molar-refractivity contribution in [3.05, 3.63) is 12.2 Å². The second-order valence-corrected chi connectivity index (χ2v) is 3.44. The predicted octanol–water partition coefficient (Wildman–Crippen LogP) is -0.542. The van der Waals surface area contributed by atoms with Gasteiger partial charge in [-0.1, -0.05) is 0 Å². The first-order chi connectivity index (χ1) is 6.29. The van der Waals surface area contributed by atoms with Gasteiger partial charge < -0.3 is 10.4 Å². The van der Waals surface area contributed by atoms with Crippen LogP contribution in [0.25, 0.3) is 0 Å². The Morgan fingerprint density at radius 2 is 2.62 bits per heavy atom. The molecule has 0 bridgehead atoms. The summed E-state index contributed by atoms with van der Waals surface area (Å²) in [7, 11) is 1.80. The molecule has 0 aromatic carbocycles. The average Bonchev–Trinajstić information content (AvgIpc) is 2.72. The van der Waals surface area contributed by atoms with Gasteiger partial charge in [-0.3, -0.25) is 4.68 Å². The largest absolute Gasteiger partial charge is 0.385 e. The summed E-state index contributed by atoms with van der Waals surface area (Å²) >= 11 is 0. The van der Waals surface area contributed by atoms with E-state index in [1.165, 1.54) is 6.33 Å². The number of nitrogens with one attached hydrogen (secondary N) is 1. The normalized spacial score (nSPS) is 24.9. The van der Waals surface area contributed by atoms with Crippen LogP contribution in [0.2, 0.25) is 0 Å². The van der Waals surface area contributed by atoms with E-state index in [-0.39, 0.29) is 5.92 Å². The van der Waals surface area contributed by atoms with Crippen molar-refractivity contribution in [2.75, 3.05) is 13.1 Å². The summed E-state index contributed by atoms with van der Waals surface area (Å²) in [6, 6.07) is 0. The molecular formula is C8H14N4O. The third kappa shape index (κ3) is 1.57. The smallest absolute Gasteiger partial charge is 0.155 e. The quantitative estimate of drug-likeness (QED) is 0.644. The van der Waals surface area contributed by atoms with Gasteiger partial charge in [0.25, 0.3) is 0 Å². The Kier molecular flexibility index (Phi) is 2.28. The van der Waals surface area contributed by atoms with Gasteiger partial charge >= 0.3 is 0 Å². The van der Waals surface area contributed by atoms with Crippen LogP contribution in [0.1, 0.15) is 18.3 Å². The molecule has 1 aromatic rings. The Bertz CT molecular complexity index is 279. The minimum absolute atomic E-state index is 0.280. The molecule has 2 rings (SSSR count). The summed E-state index contributed by atoms with van der Waals surface area (Å²) in [5, 5.41) is 17.1. The highest BCUT2D eigenvalue weighted by Gasteiger charge is 2.26. The number of rotatable bonds is 2. The summed E-state index contributed by atoms with van der Waals surface area (Å²) in [4.78, 5) is 4.03. The monoisotopic (exact) mass is 182 g/mol. The van der Waals surface area contributed by atoms with E-state index in [1.807, 2.05) is 0 Å². The number of hydrogen-bond donors (Lipinski definition) is 2. The molecule has 1 aliphatic rings. The highest BCUT2D eigenvalue weighted by atomic mass is 16.3. The van der Waals surface area contributed by atoms with Gasteiger partial charge in [-0.25, -0.2) is 4.98 Å². The maximum Gasteiger partial charge on any atom is 0.155 e. The third-order valence-corrected chi connectivity index (χ3v) is 2.56. The lowest BCUT2D eigenvalue weighted by Gasteiger charge is -2.15. The zero-order valence-corrected chi connectivity index (χ0v) is 7.64. The molecule has 72 valence electrons. The predicted molar refractivity (Wildman–Crippen MR) is 46.9 cm³/mol. The fourth-order valence-electron chi connectivity index (χ4n) is 1.73. The summed E-state index contributed by atoms with van der Waals surface area (Å²) in [5.74, 6) is 0.941. The number of aliphatic hydroxyl groups is 1. The first-order valence-electron chi connectivity index (χ1n) is 4.51. The van der Waals surface area contributed by atoms with Crippen LogP contribution >= 0.6 is 0 Å². The molecule has 1 aromatic heterocycles. The van der Waals surface area contributed by atoms with Crippen LogP contribution < -0.4 is 5.32 Å². The number of hydrogen-bond acceptors (Lipinski definition) is 4. The van der Waals surface area contributed by atoms with Crippen molar-refractivity contribution in [1.82, 2.24) is 20.1 Å². The van der Waals surface area contributed by atoms with E-state index >= 15 is 0 Å².